The van der Waals surface area contributed by atoms with Gasteiger partial charge in [-0.1, -0.05) is 13.8 Å². The fourth-order valence-electron chi connectivity index (χ4n) is 1.73. The Morgan fingerprint density at radius 3 is 2.33 bits per heavy atom. The molecule has 2 atom stereocenters. The van der Waals surface area contributed by atoms with Crippen LogP contribution in [0.5, 0.6) is 0 Å². The van der Waals surface area contributed by atoms with Gasteiger partial charge in [-0.05, 0) is 6.42 Å². The number of sulfonamides is 1. The number of hydrogen-bond acceptors (Lipinski definition) is 4. The van der Waals surface area contributed by atoms with Gasteiger partial charge in [0.05, 0.1) is 5.75 Å². The highest BCUT2D eigenvalue weighted by molar-refractivity contribution is 8.00. The fraction of sp³-hybridized carbons (Fsp3) is 1.00. The second-order valence-corrected chi connectivity index (χ2v) is 7.94. The summed E-state index contributed by atoms with van der Waals surface area (Å²) in [5.41, 5.74) is 0. The number of nitrogens with zero attached hydrogens (tertiary/aromatic N) is 1. The quantitative estimate of drug-likeness (QED) is 0.794. The molecule has 0 amide bonds. The van der Waals surface area contributed by atoms with Gasteiger partial charge in [0.25, 0.3) is 0 Å². The first-order valence-corrected chi connectivity index (χ1v) is 7.75. The molecule has 0 aromatic rings. The summed E-state index contributed by atoms with van der Waals surface area (Å²) < 4.78 is 25.2. The molecule has 1 rings (SSSR count). The van der Waals surface area contributed by atoms with E-state index in [0.29, 0.717) is 30.0 Å². The molecule has 0 radical (unpaired) electrons. The average molecular weight is 253 g/mol. The standard InChI is InChI=1S/C9H19NO3S2/c1-8-6-10(7-9(2)14-8)15(12,13)5-3-4-11/h8-9,11H,3-7H2,1-2H3. The molecule has 1 fully saturated rings. The maximum atomic E-state index is 11.8. The van der Waals surface area contributed by atoms with Gasteiger partial charge in [0.15, 0.2) is 0 Å². The highest BCUT2D eigenvalue weighted by atomic mass is 32.2. The third kappa shape index (κ3) is 3.94. The van der Waals surface area contributed by atoms with Crippen LogP contribution in [0.2, 0.25) is 0 Å². The topological polar surface area (TPSA) is 57.6 Å². The number of hydrogen-bond donors (Lipinski definition) is 1. The summed E-state index contributed by atoms with van der Waals surface area (Å²) in [4.78, 5) is 0. The molecule has 15 heavy (non-hydrogen) atoms. The second-order valence-electron chi connectivity index (χ2n) is 3.97. The first kappa shape index (κ1) is 13.3. The van der Waals surface area contributed by atoms with Crippen LogP contribution in [0.3, 0.4) is 0 Å². The maximum Gasteiger partial charge on any atom is 0.214 e. The van der Waals surface area contributed by atoms with Crippen LogP contribution < -0.4 is 0 Å². The molecule has 1 heterocycles. The Kier molecular flexibility index (Phi) is 4.89. The van der Waals surface area contributed by atoms with Crippen molar-refractivity contribution in [3.63, 3.8) is 0 Å². The lowest BCUT2D eigenvalue weighted by molar-refractivity contribution is 0.293. The first-order valence-electron chi connectivity index (χ1n) is 5.20. The van der Waals surface area contributed by atoms with Crippen molar-refractivity contribution < 1.29 is 13.5 Å². The van der Waals surface area contributed by atoms with Crippen LogP contribution in [0, 0.1) is 0 Å². The van der Waals surface area contributed by atoms with Crippen molar-refractivity contribution in [2.75, 3.05) is 25.4 Å². The zero-order valence-corrected chi connectivity index (χ0v) is 10.9. The van der Waals surface area contributed by atoms with Gasteiger partial charge in [-0.15, -0.1) is 0 Å². The van der Waals surface area contributed by atoms with Crippen LogP contribution in [0.25, 0.3) is 0 Å². The summed E-state index contributed by atoms with van der Waals surface area (Å²) in [6.07, 6.45) is 0.328. The summed E-state index contributed by atoms with van der Waals surface area (Å²) in [7, 11) is -3.15. The predicted octanol–water partition coefficient (Wildman–Crippen LogP) is 0.524. The molecule has 0 spiro atoms. The molecule has 0 aromatic heterocycles. The first-order chi connectivity index (χ1) is 6.95. The molecule has 6 heteroatoms. The Balaban J connectivity index is 2.61. The van der Waals surface area contributed by atoms with E-state index in [-0.39, 0.29) is 12.4 Å². The maximum absolute atomic E-state index is 11.8. The zero-order chi connectivity index (χ0) is 11.5. The SMILES string of the molecule is CC1CN(S(=O)(=O)CCCO)CC(C)S1. The summed E-state index contributed by atoms with van der Waals surface area (Å²) in [5.74, 6) is 0.0631. The van der Waals surface area contributed by atoms with Crippen LogP contribution in [0.15, 0.2) is 0 Å². The smallest absolute Gasteiger partial charge is 0.214 e. The van der Waals surface area contributed by atoms with E-state index in [0.717, 1.165) is 0 Å². The van der Waals surface area contributed by atoms with Gasteiger partial charge in [0, 0.05) is 30.2 Å². The third-order valence-electron chi connectivity index (χ3n) is 2.34. The molecule has 0 bridgehead atoms. The van der Waals surface area contributed by atoms with Crippen LogP contribution in [0.1, 0.15) is 20.3 Å². The van der Waals surface area contributed by atoms with Gasteiger partial charge in [0.1, 0.15) is 0 Å². The Morgan fingerprint density at radius 2 is 1.87 bits per heavy atom. The van der Waals surface area contributed by atoms with E-state index in [1.807, 2.05) is 11.8 Å². The van der Waals surface area contributed by atoms with Crippen molar-refractivity contribution in [1.82, 2.24) is 4.31 Å². The van der Waals surface area contributed by atoms with Gasteiger partial charge in [-0.25, -0.2) is 8.42 Å². The molecular weight excluding hydrogens is 234 g/mol. The minimum atomic E-state index is -3.15. The Labute approximate surface area is 96.1 Å². The number of thioether (sulfide) groups is 1. The largest absolute Gasteiger partial charge is 0.396 e. The van der Waals surface area contributed by atoms with E-state index in [2.05, 4.69) is 13.8 Å². The van der Waals surface area contributed by atoms with Gasteiger partial charge in [-0.3, -0.25) is 0 Å². The van der Waals surface area contributed by atoms with Gasteiger partial charge >= 0.3 is 0 Å². The Morgan fingerprint density at radius 1 is 1.33 bits per heavy atom. The van der Waals surface area contributed by atoms with Crippen molar-refractivity contribution in [3.05, 3.63) is 0 Å². The minimum Gasteiger partial charge on any atom is -0.396 e. The minimum absolute atomic E-state index is 0.0626. The number of aliphatic hydroxyl groups excluding tert-OH is 1. The van der Waals surface area contributed by atoms with Crippen LogP contribution in [-0.4, -0.2) is 53.8 Å². The van der Waals surface area contributed by atoms with E-state index < -0.39 is 10.0 Å². The Hall–Kier alpha value is 0.220. The summed E-state index contributed by atoms with van der Waals surface area (Å²) in [5, 5.41) is 9.36. The average Bonchev–Trinajstić information content (AvgIpc) is 2.13. The van der Waals surface area contributed by atoms with Crippen molar-refractivity contribution in [3.8, 4) is 0 Å². The molecule has 90 valence electrons. The van der Waals surface area contributed by atoms with Crippen LogP contribution in [-0.2, 0) is 10.0 Å². The monoisotopic (exact) mass is 253 g/mol. The summed E-state index contributed by atoms with van der Waals surface area (Å²) in [6, 6.07) is 0. The summed E-state index contributed by atoms with van der Waals surface area (Å²) >= 11 is 1.83. The van der Waals surface area contributed by atoms with E-state index in [1.165, 1.54) is 0 Å². The molecule has 1 aliphatic heterocycles. The van der Waals surface area contributed by atoms with E-state index in [4.69, 9.17) is 5.11 Å². The molecule has 4 nitrogen and oxygen atoms in total. The van der Waals surface area contributed by atoms with Crippen molar-refractivity contribution in [2.45, 2.75) is 30.8 Å². The predicted molar refractivity (Wildman–Crippen MR) is 63.6 cm³/mol. The van der Waals surface area contributed by atoms with Crippen molar-refractivity contribution >= 4 is 21.8 Å². The van der Waals surface area contributed by atoms with Crippen LogP contribution >= 0.6 is 11.8 Å². The lowest BCUT2D eigenvalue weighted by atomic mass is 10.4. The molecule has 1 aliphatic rings. The molecule has 2 unspecified atom stereocenters. The number of rotatable bonds is 4. The highest BCUT2D eigenvalue weighted by Gasteiger charge is 2.30. The molecular formula is C9H19NO3S2. The molecule has 0 aliphatic carbocycles. The van der Waals surface area contributed by atoms with Gasteiger partial charge in [-0.2, -0.15) is 16.1 Å². The van der Waals surface area contributed by atoms with E-state index in [1.54, 1.807) is 4.31 Å². The summed E-state index contributed by atoms with van der Waals surface area (Å²) in [6.45, 7) is 5.24. The lowest BCUT2D eigenvalue weighted by Gasteiger charge is -2.33. The van der Waals surface area contributed by atoms with E-state index >= 15 is 0 Å². The Bertz CT molecular complexity index is 282. The van der Waals surface area contributed by atoms with Crippen molar-refractivity contribution in [2.24, 2.45) is 0 Å². The van der Waals surface area contributed by atoms with Gasteiger partial charge in [0.2, 0.25) is 10.0 Å². The third-order valence-corrected chi connectivity index (χ3v) is 5.46. The lowest BCUT2D eigenvalue weighted by Crippen LogP contribution is -2.44. The number of aliphatic hydroxyl groups is 1. The van der Waals surface area contributed by atoms with Gasteiger partial charge < -0.3 is 5.11 Å². The fourth-order valence-corrected chi connectivity index (χ4v) is 4.90. The highest BCUT2D eigenvalue weighted by Crippen LogP contribution is 2.26. The normalized spacial score (nSPS) is 29.3. The van der Waals surface area contributed by atoms with Crippen LogP contribution in [0.4, 0.5) is 0 Å². The van der Waals surface area contributed by atoms with E-state index in [9.17, 15) is 8.42 Å². The molecule has 1 N–H and O–H groups in total. The zero-order valence-electron chi connectivity index (χ0n) is 9.22. The molecule has 0 saturated carbocycles. The van der Waals surface area contributed by atoms with Crippen molar-refractivity contribution in [1.29, 1.82) is 0 Å². The molecule has 1 saturated heterocycles. The molecule has 0 aromatic carbocycles. The second kappa shape index (κ2) is 5.52.